The molecule has 0 radical (unpaired) electrons. The normalized spacial score (nSPS) is 19.7. The van der Waals surface area contributed by atoms with Gasteiger partial charge in [-0.1, -0.05) is 0 Å². The van der Waals surface area contributed by atoms with Crippen molar-refractivity contribution in [1.82, 2.24) is 10.3 Å². The molecule has 0 saturated carbocycles. The van der Waals surface area contributed by atoms with Gasteiger partial charge in [0, 0.05) is 23.8 Å². The highest BCUT2D eigenvalue weighted by molar-refractivity contribution is 9.10. The fourth-order valence-electron chi connectivity index (χ4n) is 1.93. The molecule has 1 aromatic rings. The molecular formula is C12H16BrN3O2. The highest BCUT2D eigenvalue weighted by atomic mass is 79.9. The molecule has 0 aromatic carbocycles. The second kappa shape index (κ2) is 6.15. The molecule has 0 spiro atoms. The number of ether oxygens (including phenoxy) is 1. The minimum absolute atomic E-state index is 0.0121. The summed E-state index contributed by atoms with van der Waals surface area (Å²) in [7, 11) is 0. The molecule has 1 aliphatic heterocycles. The summed E-state index contributed by atoms with van der Waals surface area (Å²) in [4.78, 5) is 18.3. The van der Waals surface area contributed by atoms with Gasteiger partial charge in [0.2, 0.25) is 5.91 Å². The second-order valence-electron chi connectivity index (χ2n) is 4.01. The molecule has 0 bridgehead atoms. The number of anilines is 1. The highest BCUT2D eigenvalue weighted by Gasteiger charge is 2.29. The summed E-state index contributed by atoms with van der Waals surface area (Å²) in [5.74, 6) is 0.791. The molecule has 1 amide bonds. The first kappa shape index (κ1) is 13.3. The first-order valence-electron chi connectivity index (χ1n) is 5.96. The number of rotatable bonds is 3. The summed E-state index contributed by atoms with van der Waals surface area (Å²) in [6.07, 6.45) is 1.74. The minimum Gasteiger partial charge on any atom is -0.377 e. The SMILES string of the molecule is CCNC(=O)C1COCCN1c1ccc(Br)cn1. The summed E-state index contributed by atoms with van der Waals surface area (Å²) in [6.45, 7) is 4.23. The molecule has 1 unspecified atom stereocenters. The quantitative estimate of drug-likeness (QED) is 0.910. The van der Waals surface area contributed by atoms with E-state index in [1.165, 1.54) is 0 Å². The molecule has 6 heteroatoms. The van der Waals surface area contributed by atoms with E-state index in [1.807, 2.05) is 24.0 Å². The number of hydrogen-bond donors (Lipinski definition) is 1. The molecule has 1 atom stereocenters. The maximum Gasteiger partial charge on any atom is 0.245 e. The van der Waals surface area contributed by atoms with Gasteiger partial charge in [-0.2, -0.15) is 0 Å². The number of nitrogens with zero attached hydrogens (tertiary/aromatic N) is 2. The molecule has 0 aliphatic carbocycles. The molecule has 98 valence electrons. The van der Waals surface area contributed by atoms with Crippen LogP contribution in [0.3, 0.4) is 0 Å². The van der Waals surface area contributed by atoms with E-state index in [9.17, 15) is 4.79 Å². The Hall–Kier alpha value is -1.14. The van der Waals surface area contributed by atoms with Crippen LogP contribution in [0.4, 0.5) is 5.82 Å². The Morgan fingerprint density at radius 3 is 3.17 bits per heavy atom. The number of pyridine rings is 1. The third-order valence-corrected chi connectivity index (χ3v) is 3.26. The molecule has 1 fully saturated rings. The van der Waals surface area contributed by atoms with Crippen LogP contribution in [0.25, 0.3) is 0 Å². The summed E-state index contributed by atoms with van der Waals surface area (Å²) in [5, 5.41) is 2.83. The van der Waals surface area contributed by atoms with E-state index in [4.69, 9.17) is 4.74 Å². The van der Waals surface area contributed by atoms with Gasteiger partial charge in [-0.3, -0.25) is 4.79 Å². The Morgan fingerprint density at radius 1 is 1.67 bits per heavy atom. The number of likely N-dealkylation sites (N-methyl/N-ethyl adjacent to an activating group) is 1. The van der Waals surface area contributed by atoms with Gasteiger partial charge in [0.05, 0.1) is 13.2 Å². The molecule has 5 nitrogen and oxygen atoms in total. The smallest absolute Gasteiger partial charge is 0.245 e. The third kappa shape index (κ3) is 3.00. The maximum absolute atomic E-state index is 12.0. The van der Waals surface area contributed by atoms with Crippen molar-refractivity contribution in [2.24, 2.45) is 0 Å². The Bertz CT molecular complexity index is 410. The number of nitrogens with one attached hydrogen (secondary N) is 1. The number of halogens is 1. The molecular weight excluding hydrogens is 298 g/mol. The van der Waals surface area contributed by atoms with E-state index < -0.39 is 0 Å². The average Bonchev–Trinajstić information content (AvgIpc) is 2.40. The second-order valence-corrected chi connectivity index (χ2v) is 4.93. The van der Waals surface area contributed by atoms with Crippen LogP contribution in [-0.4, -0.2) is 43.2 Å². The maximum atomic E-state index is 12.0. The molecule has 1 saturated heterocycles. The first-order valence-corrected chi connectivity index (χ1v) is 6.75. The number of carbonyl (C=O) groups is 1. The fourth-order valence-corrected chi connectivity index (χ4v) is 2.16. The topological polar surface area (TPSA) is 54.5 Å². The van der Waals surface area contributed by atoms with Crippen molar-refractivity contribution in [2.45, 2.75) is 13.0 Å². The van der Waals surface area contributed by atoms with Crippen LogP contribution in [0.1, 0.15) is 6.92 Å². The van der Waals surface area contributed by atoms with Gasteiger partial charge in [-0.05, 0) is 35.0 Å². The van der Waals surface area contributed by atoms with Crippen molar-refractivity contribution in [3.63, 3.8) is 0 Å². The highest BCUT2D eigenvalue weighted by Crippen LogP contribution is 2.19. The van der Waals surface area contributed by atoms with Crippen LogP contribution < -0.4 is 10.2 Å². The van der Waals surface area contributed by atoms with Crippen LogP contribution in [0.5, 0.6) is 0 Å². The summed E-state index contributed by atoms with van der Waals surface area (Å²) >= 11 is 3.35. The van der Waals surface area contributed by atoms with E-state index in [0.29, 0.717) is 26.3 Å². The monoisotopic (exact) mass is 313 g/mol. The molecule has 1 aliphatic rings. The first-order chi connectivity index (χ1) is 8.72. The average molecular weight is 314 g/mol. The zero-order valence-corrected chi connectivity index (χ0v) is 11.8. The molecule has 1 N–H and O–H groups in total. The molecule has 1 aromatic heterocycles. The Balaban J connectivity index is 2.17. The van der Waals surface area contributed by atoms with Crippen LogP contribution in [0.2, 0.25) is 0 Å². The number of hydrogen-bond acceptors (Lipinski definition) is 4. The van der Waals surface area contributed by atoms with E-state index in [1.54, 1.807) is 6.20 Å². The summed E-state index contributed by atoms with van der Waals surface area (Å²) in [6, 6.07) is 3.53. The minimum atomic E-state index is -0.299. The standard InChI is InChI=1S/C12H16BrN3O2/c1-2-14-12(17)10-8-18-6-5-16(10)11-4-3-9(13)7-15-11/h3-4,7,10H,2,5-6,8H2,1H3,(H,14,17). The van der Waals surface area contributed by atoms with E-state index >= 15 is 0 Å². The van der Waals surface area contributed by atoms with Gasteiger partial charge in [0.1, 0.15) is 11.9 Å². The van der Waals surface area contributed by atoms with E-state index in [0.717, 1.165) is 10.3 Å². The van der Waals surface area contributed by atoms with Crippen molar-refractivity contribution >= 4 is 27.7 Å². The van der Waals surface area contributed by atoms with Gasteiger partial charge >= 0.3 is 0 Å². The number of morpholine rings is 1. The Labute approximate surface area is 115 Å². The predicted molar refractivity (Wildman–Crippen MR) is 72.6 cm³/mol. The lowest BCUT2D eigenvalue weighted by atomic mass is 10.2. The summed E-state index contributed by atoms with van der Waals surface area (Å²) in [5.41, 5.74) is 0. The predicted octanol–water partition coefficient (Wildman–Crippen LogP) is 1.19. The van der Waals surface area contributed by atoms with Crippen molar-refractivity contribution in [3.8, 4) is 0 Å². The fraction of sp³-hybridized carbons (Fsp3) is 0.500. The molecule has 18 heavy (non-hydrogen) atoms. The molecule has 2 rings (SSSR count). The van der Waals surface area contributed by atoms with E-state index in [-0.39, 0.29) is 11.9 Å². The van der Waals surface area contributed by atoms with Crippen molar-refractivity contribution in [3.05, 3.63) is 22.8 Å². The zero-order valence-electron chi connectivity index (χ0n) is 10.2. The van der Waals surface area contributed by atoms with Crippen molar-refractivity contribution in [2.75, 3.05) is 31.2 Å². The lowest BCUT2D eigenvalue weighted by Gasteiger charge is -2.35. The molecule has 2 heterocycles. The lowest BCUT2D eigenvalue weighted by molar-refractivity contribution is -0.124. The van der Waals surface area contributed by atoms with Crippen LogP contribution >= 0.6 is 15.9 Å². The van der Waals surface area contributed by atoms with Crippen LogP contribution in [0.15, 0.2) is 22.8 Å². The zero-order chi connectivity index (χ0) is 13.0. The summed E-state index contributed by atoms with van der Waals surface area (Å²) < 4.78 is 6.31. The number of carbonyl (C=O) groups excluding carboxylic acids is 1. The Kier molecular flexibility index (Phi) is 4.54. The third-order valence-electron chi connectivity index (χ3n) is 2.79. The van der Waals surface area contributed by atoms with Crippen LogP contribution in [0, 0.1) is 0 Å². The van der Waals surface area contributed by atoms with Gasteiger partial charge in [0.25, 0.3) is 0 Å². The Morgan fingerprint density at radius 2 is 2.50 bits per heavy atom. The van der Waals surface area contributed by atoms with Gasteiger partial charge in [-0.15, -0.1) is 0 Å². The van der Waals surface area contributed by atoms with Crippen LogP contribution in [-0.2, 0) is 9.53 Å². The number of aromatic nitrogens is 1. The van der Waals surface area contributed by atoms with Gasteiger partial charge < -0.3 is 15.0 Å². The van der Waals surface area contributed by atoms with Gasteiger partial charge in [-0.25, -0.2) is 4.98 Å². The number of amides is 1. The van der Waals surface area contributed by atoms with Crippen molar-refractivity contribution < 1.29 is 9.53 Å². The van der Waals surface area contributed by atoms with Gasteiger partial charge in [0.15, 0.2) is 0 Å². The lowest BCUT2D eigenvalue weighted by Crippen LogP contribution is -2.54. The van der Waals surface area contributed by atoms with E-state index in [2.05, 4.69) is 26.2 Å². The van der Waals surface area contributed by atoms with Crippen molar-refractivity contribution in [1.29, 1.82) is 0 Å². The largest absolute Gasteiger partial charge is 0.377 e.